The van der Waals surface area contributed by atoms with Crippen LogP contribution in [0.5, 0.6) is 0 Å². The zero-order valence-corrected chi connectivity index (χ0v) is 12.0. The van der Waals surface area contributed by atoms with Gasteiger partial charge >= 0.3 is 0 Å². The van der Waals surface area contributed by atoms with Gasteiger partial charge in [0.2, 0.25) is 0 Å². The van der Waals surface area contributed by atoms with Gasteiger partial charge in [0.1, 0.15) is 5.78 Å². The van der Waals surface area contributed by atoms with Gasteiger partial charge in [-0.25, -0.2) is 0 Å². The van der Waals surface area contributed by atoms with Crippen LogP contribution in [0, 0.1) is 5.41 Å². The molecule has 1 N–H and O–H groups in total. The van der Waals surface area contributed by atoms with Crippen LogP contribution in [0.1, 0.15) is 36.5 Å². The molecule has 2 heteroatoms. The SMILES string of the molecule is O=C(Cc1ccccc1)C1(C(O)c2ccccc2)CCC1. The van der Waals surface area contributed by atoms with Gasteiger partial charge in [0.15, 0.2) is 0 Å². The summed E-state index contributed by atoms with van der Waals surface area (Å²) >= 11 is 0. The molecule has 21 heavy (non-hydrogen) atoms. The summed E-state index contributed by atoms with van der Waals surface area (Å²) in [5.41, 5.74) is 1.28. The molecular formula is C19H20O2. The zero-order chi connectivity index (χ0) is 14.7. The van der Waals surface area contributed by atoms with Crippen molar-refractivity contribution in [2.75, 3.05) is 0 Å². The number of hydrogen-bond acceptors (Lipinski definition) is 2. The molecule has 1 saturated carbocycles. The Morgan fingerprint density at radius 1 is 1.00 bits per heavy atom. The van der Waals surface area contributed by atoms with E-state index in [0.717, 1.165) is 30.4 Å². The minimum absolute atomic E-state index is 0.163. The van der Waals surface area contributed by atoms with Crippen molar-refractivity contribution in [2.24, 2.45) is 5.41 Å². The fraction of sp³-hybridized carbons (Fsp3) is 0.316. The van der Waals surface area contributed by atoms with Crippen LogP contribution < -0.4 is 0 Å². The lowest BCUT2D eigenvalue weighted by atomic mass is 9.60. The van der Waals surface area contributed by atoms with Crippen LogP contribution in [0.15, 0.2) is 60.7 Å². The molecule has 0 aromatic heterocycles. The average molecular weight is 280 g/mol. The number of carbonyl (C=O) groups excluding carboxylic acids is 1. The fourth-order valence-corrected chi connectivity index (χ4v) is 3.17. The Morgan fingerprint density at radius 2 is 1.57 bits per heavy atom. The molecule has 0 saturated heterocycles. The van der Waals surface area contributed by atoms with E-state index in [1.54, 1.807) is 0 Å². The highest BCUT2D eigenvalue weighted by Crippen LogP contribution is 2.51. The van der Waals surface area contributed by atoms with E-state index in [-0.39, 0.29) is 5.78 Å². The largest absolute Gasteiger partial charge is 0.387 e. The molecule has 0 aliphatic heterocycles. The Kier molecular flexibility index (Phi) is 3.89. The first-order chi connectivity index (χ1) is 10.2. The second kappa shape index (κ2) is 5.82. The molecule has 1 aliphatic carbocycles. The molecule has 0 amide bonds. The van der Waals surface area contributed by atoms with Crippen molar-refractivity contribution >= 4 is 5.78 Å². The quantitative estimate of drug-likeness (QED) is 0.906. The van der Waals surface area contributed by atoms with Crippen molar-refractivity contribution in [3.8, 4) is 0 Å². The predicted octanol–water partition coefficient (Wildman–Crippen LogP) is 3.70. The molecule has 2 aromatic rings. The summed E-state index contributed by atoms with van der Waals surface area (Å²) < 4.78 is 0. The van der Waals surface area contributed by atoms with E-state index in [1.807, 2.05) is 60.7 Å². The zero-order valence-electron chi connectivity index (χ0n) is 12.0. The number of rotatable bonds is 5. The van der Waals surface area contributed by atoms with Gasteiger partial charge in [0.05, 0.1) is 11.5 Å². The molecule has 1 fully saturated rings. The third kappa shape index (κ3) is 2.64. The van der Waals surface area contributed by atoms with E-state index in [1.165, 1.54) is 0 Å². The molecule has 0 spiro atoms. The van der Waals surface area contributed by atoms with Crippen LogP contribution in [0.2, 0.25) is 0 Å². The second-order valence-corrected chi connectivity index (χ2v) is 5.91. The predicted molar refractivity (Wildman–Crippen MR) is 82.8 cm³/mol. The van der Waals surface area contributed by atoms with Crippen molar-refractivity contribution in [3.05, 3.63) is 71.8 Å². The Balaban J connectivity index is 1.81. The monoisotopic (exact) mass is 280 g/mol. The van der Waals surface area contributed by atoms with Crippen molar-refractivity contribution in [1.82, 2.24) is 0 Å². The lowest BCUT2D eigenvalue weighted by Crippen LogP contribution is -2.44. The van der Waals surface area contributed by atoms with E-state index >= 15 is 0 Å². The van der Waals surface area contributed by atoms with Gasteiger partial charge in [-0.15, -0.1) is 0 Å². The minimum Gasteiger partial charge on any atom is -0.387 e. The molecule has 108 valence electrons. The van der Waals surface area contributed by atoms with Gasteiger partial charge in [-0.1, -0.05) is 67.1 Å². The van der Waals surface area contributed by atoms with Crippen LogP contribution >= 0.6 is 0 Å². The first kappa shape index (κ1) is 14.0. The summed E-state index contributed by atoms with van der Waals surface area (Å²) in [4.78, 5) is 12.8. The normalized spacial score (nSPS) is 17.8. The highest BCUT2D eigenvalue weighted by Gasteiger charge is 2.49. The number of hydrogen-bond donors (Lipinski definition) is 1. The molecule has 1 atom stereocenters. The number of aliphatic hydroxyl groups excluding tert-OH is 1. The maximum absolute atomic E-state index is 12.8. The standard InChI is InChI=1S/C19H20O2/c20-17(14-15-8-3-1-4-9-15)19(12-7-13-19)18(21)16-10-5-2-6-11-16/h1-6,8-11,18,21H,7,12-14H2. The summed E-state index contributed by atoms with van der Waals surface area (Å²) in [6, 6.07) is 19.3. The van der Waals surface area contributed by atoms with E-state index in [2.05, 4.69) is 0 Å². The third-order valence-corrected chi connectivity index (χ3v) is 4.65. The number of Topliss-reactive ketones (excluding diaryl/α,β-unsaturated/α-hetero) is 1. The maximum atomic E-state index is 12.8. The molecule has 0 heterocycles. The second-order valence-electron chi connectivity index (χ2n) is 5.91. The Hall–Kier alpha value is -1.93. The molecule has 0 bridgehead atoms. The average Bonchev–Trinajstić information content (AvgIpc) is 2.48. The summed E-state index contributed by atoms with van der Waals surface area (Å²) in [5, 5.41) is 10.7. The Labute approximate surface area is 125 Å². The molecular weight excluding hydrogens is 260 g/mol. The Bertz CT molecular complexity index is 600. The third-order valence-electron chi connectivity index (χ3n) is 4.65. The van der Waals surface area contributed by atoms with Gasteiger partial charge in [-0.3, -0.25) is 4.79 Å². The maximum Gasteiger partial charge on any atom is 0.146 e. The number of benzene rings is 2. The molecule has 2 nitrogen and oxygen atoms in total. The van der Waals surface area contributed by atoms with Gasteiger partial charge in [-0.05, 0) is 24.0 Å². The highest BCUT2D eigenvalue weighted by atomic mass is 16.3. The molecule has 1 unspecified atom stereocenters. The lowest BCUT2D eigenvalue weighted by Gasteiger charge is -2.44. The summed E-state index contributed by atoms with van der Waals surface area (Å²) in [6.07, 6.45) is 2.31. The molecule has 3 rings (SSSR count). The smallest absolute Gasteiger partial charge is 0.146 e. The lowest BCUT2D eigenvalue weighted by molar-refractivity contribution is -0.144. The number of carbonyl (C=O) groups is 1. The molecule has 2 aromatic carbocycles. The van der Waals surface area contributed by atoms with Crippen LogP contribution in [-0.4, -0.2) is 10.9 Å². The fourth-order valence-electron chi connectivity index (χ4n) is 3.17. The summed E-state index contributed by atoms with van der Waals surface area (Å²) in [7, 11) is 0. The van der Waals surface area contributed by atoms with Crippen LogP contribution in [0.4, 0.5) is 0 Å². The first-order valence-corrected chi connectivity index (χ1v) is 7.53. The van der Waals surface area contributed by atoms with Gasteiger partial charge in [0, 0.05) is 6.42 Å². The van der Waals surface area contributed by atoms with Crippen LogP contribution in [-0.2, 0) is 11.2 Å². The van der Waals surface area contributed by atoms with Gasteiger partial charge in [0.25, 0.3) is 0 Å². The number of aliphatic hydroxyl groups is 1. The van der Waals surface area contributed by atoms with E-state index < -0.39 is 11.5 Å². The first-order valence-electron chi connectivity index (χ1n) is 7.53. The molecule has 0 radical (unpaired) electrons. The summed E-state index contributed by atoms with van der Waals surface area (Å²) in [6.45, 7) is 0. The number of ketones is 1. The topological polar surface area (TPSA) is 37.3 Å². The van der Waals surface area contributed by atoms with E-state index in [9.17, 15) is 9.90 Å². The van der Waals surface area contributed by atoms with E-state index in [0.29, 0.717) is 6.42 Å². The summed E-state index contributed by atoms with van der Waals surface area (Å²) in [5.74, 6) is 0.163. The van der Waals surface area contributed by atoms with Crippen molar-refractivity contribution < 1.29 is 9.90 Å². The minimum atomic E-state index is -0.691. The molecule has 1 aliphatic rings. The van der Waals surface area contributed by atoms with E-state index in [4.69, 9.17) is 0 Å². The van der Waals surface area contributed by atoms with Gasteiger partial charge in [-0.2, -0.15) is 0 Å². The van der Waals surface area contributed by atoms with Crippen molar-refractivity contribution in [3.63, 3.8) is 0 Å². The van der Waals surface area contributed by atoms with Crippen LogP contribution in [0.3, 0.4) is 0 Å². The van der Waals surface area contributed by atoms with Gasteiger partial charge < -0.3 is 5.11 Å². The highest BCUT2D eigenvalue weighted by molar-refractivity contribution is 5.88. The van der Waals surface area contributed by atoms with Crippen molar-refractivity contribution in [1.29, 1.82) is 0 Å². The van der Waals surface area contributed by atoms with Crippen molar-refractivity contribution in [2.45, 2.75) is 31.8 Å². The Morgan fingerprint density at radius 3 is 2.10 bits per heavy atom. The van der Waals surface area contributed by atoms with Crippen LogP contribution in [0.25, 0.3) is 0 Å².